The number of ether oxygens (including phenoxy) is 2. The van der Waals surface area contributed by atoms with E-state index in [1.807, 2.05) is 24.3 Å². The van der Waals surface area contributed by atoms with Gasteiger partial charge in [0.2, 0.25) is 0 Å². The summed E-state index contributed by atoms with van der Waals surface area (Å²) in [6.07, 6.45) is 0.614. The number of halogens is 2. The van der Waals surface area contributed by atoms with Gasteiger partial charge in [-0.1, -0.05) is 12.1 Å². The summed E-state index contributed by atoms with van der Waals surface area (Å²) >= 11 is 0. The quantitative estimate of drug-likeness (QED) is 0.850. The van der Waals surface area contributed by atoms with E-state index in [-0.39, 0.29) is 5.69 Å². The predicted molar refractivity (Wildman–Crippen MR) is 86.6 cm³/mol. The third-order valence-electron chi connectivity index (χ3n) is 3.32. The maximum atomic E-state index is 13.5. The number of hydrogen-bond acceptors (Lipinski definition) is 3. The number of benzene rings is 2. The fourth-order valence-corrected chi connectivity index (χ4v) is 2.11. The van der Waals surface area contributed by atoms with Crippen LogP contribution < -0.4 is 20.1 Å². The molecule has 24 heavy (non-hydrogen) atoms. The zero-order valence-corrected chi connectivity index (χ0v) is 13.4. The first kappa shape index (κ1) is 17.5. The van der Waals surface area contributed by atoms with Crippen LogP contribution in [0.3, 0.4) is 0 Å². The van der Waals surface area contributed by atoms with Crippen molar-refractivity contribution < 1.29 is 23.0 Å². The Morgan fingerprint density at radius 1 is 1.04 bits per heavy atom. The van der Waals surface area contributed by atoms with Crippen molar-refractivity contribution in [2.75, 3.05) is 26.1 Å². The molecule has 0 aliphatic heterocycles. The smallest absolute Gasteiger partial charge is 0.319 e. The Hall–Kier alpha value is -2.83. The van der Waals surface area contributed by atoms with E-state index in [9.17, 15) is 13.6 Å². The number of urea groups is 1. The largest absolute Gasteiger partial charge is 0.497 e. The van der Waals surface area contributed by atoms with Crippen LogP contribution in [0.4, 0.5) is 19.3 Å². The van der Waals surface area contributed by atoms with Crippen molar-refractivity contribution >= 4 is 11.7 Å². The maximum Gasteiger partial charge on any atom is 0.319 e. The molecule has 0 atom stereocenters. The van der Waals surface area contributed by atoms with Gasteiger partial charge in [0.15, 0.2) is 17.4 Å². The van der Waals surface area contributed by atoms with Gasteiger partial charge in [0, 0.05) is 24.4 Å². The summed E-state index contributed by atoms with van der Waals surface area (Å²) in [6.45, 7) is 0.374. The summed E-state index contributed by atoms with van der Waals surface area (Å²) in [4.78, 5) is 11.8. The van der Waals surface area contributed by atoms with Gasteiger partial charge in [-0.05, 0) is 24.1 Å². The Morgan fingerprint density at radius 3 is 2.21 bits per heavy atom. The molecule has 2 rings (SSSR count). The Bertz CT molecular complexity index is 682. The summed E-state index contributed by atoms with van der Waals surface area (Å²) in [6, 6.07) is 8.89. The molecular formula is C17H18F2N2O3. The number of rotatable bonds is 6. The first-order chi connectivity index (χ1) is 11.5. The molecule has 2 amide bonds. The topological polar surface area (TPSA) is 59.6 Å². The minimum Gasteiger partial charge on any atom is -0.497 e. The third-order valence-corrected chi connectivity index (χ3v) is 3.32. The van der Waals surface area contributed by atoms with E-state index in [1.54, 1.807) is 7.11 Å². The van der Waals surface area contributed by atoms with Gasteiger partial charge in [-0.2, -0.15) is 0 Å². The number of carbonyl (C=O) groups excluding carboxylic acids is 1. The molecule has 0 saturated carbocycles. The number of carbonyl (C=O) groups is 1. The number of amides is 2. The molecule has 0 aliphatic rings. The van der Waals surface area contributed by atoms with Gasteiger partial charge < -0.3 is 20.1 Å². The molecule has 7 heteroatoms. The average molecular weight is 336 g/mol. The highest BCUT2D eigenvalue weighted by Gasteiger charge is 2.12. The molecule has 0 fully saturated rings. The molecule has 0 unspecified atom stereocenters. The van der Waals surface area contributed by atoms with Crippen molar-refractivity contribution in [3.8, 4) is 11.5 Å². The van der Waals surface area contributed by atoms with Gasteiger partial charge in [0.05, 0.1) is 14.2 Å². The van der Waals surface area contributed by atoms with Gasteiger partial charge in [-0.3, -0.25) is 0 Å². The van der Waals surface area contributed by atoms with Gasteiger partial charge in [0.25, 0.3) is 0 Å². The van der Waals surface area contributed by atoms with Crippen molar-refractivity contribution in [2.24, 2.45) is 0 Å². The second kappa shape index (κ2) is 8.14. The van der Waals surface area contributed by atoms with Crippen LogP contribution >= 0.6 is 0 Å². The highest BCUT2D eigenvalue weighted by molar-refractivity contribution is 5.89. The fourth-order valence-electron chi connectivity index (χ4n) is 2.11. The monoisotopic (exact) mass is 336 g/mol. The van der Waals surface area contributed by atoms with Crippen LogP contribution in [0.5, 0.6) is 11.5 Å². The van der Waals surface area contributed by atoms with E-state index in [0.717, 1.165) is 23.4 Å². The Balaban J connectivity index is 1.84. The van der Waals surface area contributed by atoms with E-state index >= 15 is 0 Å². The molecular weight excluding hydrogens is 318 g/mol. The van der Waals surface area contributed by atoms with Gasteiger partial charge in [0.1, 0.15) is 5.75 Å². The Labute approximate surface area is 138 Å². The van der Waals surface area contributed by atoms with Gasteiger partial charge in [-0.25, -0.2) is 13.6 Å². The molecule has 0 saturated heterocycles. The van der Waals surface area contributed by atoms with Crippen molar-refractivity contribution in [3.05, 3.63) is 53.6 Å². The van der Waals surface area contributed by atoms with Gasteiger partial charge in [-0.15, -0.1) is 0 Å². The first-order valence-corrected chi connectivity index (χ1v) is 7.24. The van der Waals surface area contributed by atoms with Crippen LogP contribution in [-0.2, 0) is 6.42 Å². The normalized spacial score (nSPS) is 10.2. The lowest BCUT2D eigenvalue weighted by atomic mass is 10.1. The van der Waals surface area contributed by atoms with Crippen LogP contribution in [0.25, 0.3) is 0 Å². The van der Waals surface area contributed by atoms with Crippen molar-refractivity contribution in [3.63, 3.8) is 0 Å². The second-order valence-corrected chi connectivity index (χ2v) is 4.95. The van der Waals surface area contributed by atoms with Gasteiger partial charge >= 0.3 is 6.03 Å². The molecule has 0 aromatic heterocycles. The van der Waals surface area contributed by atoms with Crippen LogP contribution in [0.2, 0.25) is 0 Å². The first-order valence-electron chi connectivity index (χ1n) is 7.24. The molecule has 2 N–H and O–H groups in total. The minimum atomic E-state index is -0.883. The number of anilines is 1. The summed E-state index contributed by atoms with van der Waals surface area (Å²) in [5.74, 6) is -1.49. The molecule has 0 aliphatic carbocycles. The molecule has 128 valence electrons. The molecule has 2 aromatic rings. The standard InChI is InChI=1S/C17H18F2N2O3/c1-23-13-5-3-11(4-6-13)7-8-20-17(22)21-12-9-14(18)16(24-2)15(19)10-12/h3-6,9-10H,7-8H2,1-2H3,(H2,20,21,22). The number of nitrogens with one attached hydrogen (secondary N) is 2. The lowest BCUT2D eigenvalue weighted by molar-refractivity contribution is 0.252. The summed E-state index contributed by atoms with van der Waals surface area (Å²) in [7, 11) is 2.76. The van der Waals surface area contributed by atoms with Crippen LogP contribution in [0.15, 0.2) is 36.4 Å². The van der Waals surface area contributed by atoms with Crippen LogP contribution in [0.1, 0.15) is 5.56 Å². The van der Waals surface area contributed by atoms with Crippen molar-refractivity contribution in [1.82, 2.24) is 5.32 Å². The van der Waals surface area contributed by atoms with E-state index in [0.29, 0.717) is 13.0 Å². The Morgan fingerprint density at radius 2 is 1.67 bits per heavy atom. The van der Waals surface area contributed by atoms with Crippen LogP contribution in [0, 0.1) is 11.6 Å². The second-order valence-electron chi connectivity index (χ2n) is 4.95. The van der Waals surface area contributed by atoms with Crippen molar-refractivity contribution in [2.45, 2.75) is 6.42 Å². The molecule has 0 bridgehead atoms. The molecule has 0 heterocycles. The zero-order valence-electron chi connectivity index (χ0n) is 13.4. The highest BCUT2D eigenvalue weighted by atomic mass is 19.1. The summed E-state index contributed by atoms with van der Waals surface area (Å²) < 4.78 is 36.7. The highest BCUT2D eigenvalue weighted by Crippen LogP contribution is 2.25. The van der Waals surface area contributed by atoms with E-state index in [2.05, 4.69) is 15.4 Å². The third kappa shape index (κ3) is 4.58. The SMILES string of the molecule is COc1ccc(CCNC(=O)Nc2cc(F)c(OC)c(F)c2)cc1. The molecule has 2 aromatic carbocycles. The predicted octanol–water partition coefficient (Wildman–Crippen LogP) is 3.35. The summed E-state index contributed by atoms with van der Waals surface area (Å²) in [5.41, 5.74) is 1.03. The zero-order chi connectivity index (χ0) is 17.5. The van der Waals surface area contributed by atoms with E-state index in [4.69, 9.17) is 4.74 Å². The molecule has 0 radical (unpaired) electrons. The number of methoxy groups -OCH3 is 2. The number of hydrogen-bond donors (Lipinski definition) is 2. The lowest BCUT2D eigenvalue weighted by Crippen LogP contribution is -2.30. The molecule has 0 spiro atoms. The van der Waals surface area contributed by atoms with E-state index < -0.39 is 23.4 Å². The summed E-state index contributed by atoms with van der Waals surface area (Å²) in [5, 5.41) is 4.99. The lowest BCUT2D eigenvalue weighted by Gasteiger charge is -2.10. The average Bonchev–Trinajstić information content (AvgIpc) is 2.55. The molecule has 5 nitrogen and oxygen atoms in total. The Kier molecular flexibility index (Phi) is 5.95. The van der Waals surface area contributed by atoms with Crippen molar-refractivity contribution in [1.29, 1.82) is 0 Å². The van der Waals surface area contributed by atoms with Crippen LogP contribution in [-0.4, -0.2) is 26.8 Å². The maximum absolute atomic E-state index is 13.5. The van der Waals surface area contributed by atoms with E-state index in [1.165, 1.54) is 7.11 Å². The fraction of sp³-hybridized carbons (Fsp3) is 0.235. The minimum absolute atomic E-state index is 0.00717.